The fourth-order valence-electron chi connectivity index (χ4n) is 3.48. The zero-order valence-electron chi connectivity index (χ0n) is 18.9. The van der Waals surface area contributed by atoms with Crippen LogP contribution in [0.4, 0.5) is 4.79 Å². The van der Waals surface area contributed by atoms with Crippen molar-refractivity contribution in [3.05, 3.63) is 29.3 Å². The number of piperidine rings is 1. The molecule has 2 amide bonds. The Bertz CT molecular complexity index is 716. The number of likely N-dealkylation sites (tertiary alicyclic amines) is 1. The maximum atomic E-state index is 12.5. The molecule has 0 saturated carbocycles. The minimum atomic E-state index is -0.580. The lowest BCUT2D eigenvalue weighted by molar-refractivity contribution is -0.128. The summed E-state index contributed by atoms with van der Waals surface area (Å²) in [5, 5.41) is 3.05. The van der Waals surface area contributed by atoms with Gasteiger partial charge in [0, 0.05) is 19.1 Å². The van der Waals surface area contributed by atoms with Crippen molar-refractivity contribution in [2.24, 2.45) is 0 Å². The van der Waals surface area contributed by atoms with E-state index >= 15 is 0 Å². The van der Waals surface area contributed by atoms with Gasteiger partial charge in [-0.05, 0) is 76.6 Å². The number of hydrogen-bond donors (Lipinski definition) is 1. The lowest BCUT2D eigenvalue weighted by atomic mass is 9.98. The molecule has 0 bridgehead atoms. The maximum Gasteiger partial charge on any atom is 0.410 e. The molecule has 0 radical (unpaired) electrons. The molecule has 2 rings (SSSR count). The Morgan fingerprint density at radius 2 is 1.76 bits per heavy atom. The van der Waals surface area contributed by atoms with Crippen molar-refractivity contribution in [2.75, 3.05) is 13.1 Å². The van der Waals surface area contributed by atoms with Crippen LogP contribution in [-0.4, -0.2) is 47.7 Å². The van der Waals surface area contributed by atoms with Gasteiger partial charge in [0.15, 0.2) is 6.10 Å². The first-order valence-corrected chi connectivity index (χ1v) is 10.5. The summed E-state index contributed by atoms with van der Waals surface area (Å²) in [5.41, 5.74) is 1.95. The lowest BCUT2D eigenvalue weighted by Gasteiger charge is -2.34. The van der Waals surface area contributed by atoms with Crippen molar-refractivity contribution >= 4 is 12.0 Å². The summed E-state index contributed by atoms with van der Waals surface area (Å²) in [7, 11) is 0. The summed E-state index contributed by atoms with van der Waals surface area (Å²) in [6.07, 6.45) is 0.544. The Labute approximate surface area is 174 Å². The molecule has 6 nitrogen and oxygen atoms in total. The fraction of sp³-hybridized carbons (Fsp3) is 0.652. The van der Waals surface area contributed by atoms with Gasteiger partial charge in [-0.25, -0.2) is 4.79 Å². The first-order valence-electron chi connectivity index (χ1n) is 10.5. The molecule has 0 aromatic heterocycles. The third kappa shape index (κ3) is 6.94. The predicted molar refractivity (Wildman–Crippen MR) is 114 cm³/mol. The number of nitrogens with one attached hydrogen (secondary N) is 1. The van der Waals surface area contributed by atoms with Gasteiger partial charge in [-0.1, -0.05) is 19.9 Å². The van der Waals surface area contributed by atoms with Crippen LogP contribution in [0.2, 0.25) is 0 Å². The minimum absolute atomic E-state index is 0.0392. The van der Waals surface area contributed by atoms with Gasteiger partial charge in [0.25, 0.3) is 5.91 Å². The van der Waals surface area contributed by atoms with E-state index in [0.29, 0.717) is 37.6 Å². The largest absolute Gasteiger partial charge is 0.481 e. The third-order valence-electron chi connectivity index (χ3n) is 5.04. The summed E-state index contributed by atoms with van der Waals surface area (Å²) < 4.78 is 11.3. The second kappa shape index (κ2) is 9.51. The Balaban J connectivity index is 1.82. The molecule has 1 saturated heterocycles. The highest BCUT2D eigenvalue weighted by atomic mass is 16.6. The van der Waals surface area contributed by atoms with Crippen molar-refractivity contribution < 1.29 is 19.1 Å². The van der Waals surface area contributed by atoms with Gasteiger partial charge in [0.2, 0.25) is 0 Å². The molecule has 1 heterocycles. The zero-order chi connectivity index (χ0) is 21.8. The summed E-state index contributed by atoms with van der Waals surface area (Å²) in [6.45, 7) is 14.9. The molecular weight excluding hydrogens is 368 g/mol. The molecule has 162 valence electrons. The van der Waals surface area contributed by atoms with E-state index in [1.807, 2.05) is 32.9 Å². The average molecular weight is 405 g/mol. The van der Waals surface area contributed by atoms with Crippen molar-refractivity contribution in [1.29, 1.82) is 0 Å². The molecule has 1 aliphatic heterocycles. The number of ether oxygens (including phenoxy) is 2. The van der Waals surface area contributed by atoms with Crippen LogP contribution in [0.25, 0.3) is 0 Å². The monoisotopic (exact) mass is 404 g/mol. The molecule has 29 heavy (non-hydrogen) atoms. The van der Waals surface area contributed by atoms with E-state index in [9.17, 15) is 9.59 Å². The van der Waals surface area contributed by atoms with Gasteiger partial charge >= 0.3 is 6.09 Å². The zero-order valence-corrected chi connectivity index (χ0v) is 18.9. The van der Waals surface area contributed by atoms with Gasteiger partial charge in [-0.2, -0.15) is 0 Å². The summed E-state index contributed by atoms with van der Waals surface area (Å²) >= 11 is 0. The maximum absolute atomic E-state index is 12.5. The molecule has 6 heteroatoms. The summed E-state index contributed by atoms with van der Waals surface area (Å²) in [5.74, 6) is 1.02. The van der Waals surface area contributed by atoms with Gasteiger partial charge in [-0.3, -0.25) is 4.79 Å². The van der Waals surface area contributed by atoms with Crippen molar-refractivity contribution in [3.63, 3.8) is 0 Å². The second-order valence-corrected chi connectivity index (χ2v) is 9.18. The molecule has 1 aliphatic rings. The molecule has 1 unspecified atom stereocenters. The first kappa shape index (κ1) is 23.0. The predicted octanol–water partition coefficient (Wildman–Crippen LogP) is 4.40. The van der Waals surface area contributed by atoms with Crippen molar-refractivity contribution in [1.82, 2.24) is 10.2 Å². The van der Waals surface area contributed by atoms with Crippen LogP contribution in [0.3, 0.4) is 0 Å². The third-order valence-corrected chi connectivity index (χ3v) is 5.04. The smallest absolute Gasteiger partial charge is 0.410 e. The van der Waals surface area contributed by atoms with Crippen LogP contribution < -0.4 is 10.1 Å². The number of hydrogen-bond acceptors (Lipinski definition) is 4. The standard InChI is InChI=1S/C23H36N2O4/c1-15(2)20-9-8-19(14-16(20)3)28-17(4)21(26)24-18-10-12-25(13-11-18)22(27)29-23(5,6)7/h8-9,14-15,17-18H,10-13H2,1-7H3,(H,24,26). The number of benzene rings is 1. The average Bonchev–Trinajstić information content (AvgIpc) is 2.60. The van der Waals surface area contributed by atoms with Crippen LogP contribution in [0.5, 0.6) is 5.75 Å². The second-order valence-electron chi connectivity index (χ2n) is 9.18. The minimum Gasteiger partial charge on any atom is -0.481 e. The lowest BCUT2D eigenvalue weighted by Crippen LogP contribution is -2.50. The summed E-state index contributed by atoms with van der Waals surface area (Å²) in [4.78, 5) is 26.4. The van der Waals surface area contributed by atoms with E-state index in [1.54, 1.807) is 11.8 Å². The van der Waals surface area contributed by atoms with Crippen molar-refractivity contribution in [2.45, 2.75) is 85.0 Å². The Hall–Kier alpha value is -2.24. The van der Waals surface area contributed by atoms with Gasteiger partial charge < -0.3 is 19.7 Å². The van der Waals surface area contributed by atoms with Crippen LogP contribution in [0.1, 0.15) is 71.4 Å². The van der Waals surface area contributed by atoms with E-state index in [0.717, 1.165) is 0 Å². The molecule has 1 atom stereocenters. The molecule has 0 spiro atoms. The molecule has 0 aliphatic carbocycles. The molecular formula is C23H36N2O4. The van der Waals surface area contributed by atoms with E-state index in [-0.39, 0.29) is 18.0 Å². The molecule has 1 aromatic rings. The van der Waals surface area contributed by atoms with E-state index < -0.39 is 11.7 Å². The first-order chi connectivity index (χ1) is 13.5. The van der Waals surface area contributed by atoms with Gasteiger partial charge in [-0.15, -0.1) is 0 Å². The SMILES string of the molecule is Cc1cc(OC(C)C(=O)NC2CCN(C(=O)OC(C)(C)C)CC2)ccc1C(C)C. The molecule has 1 aromatic carbocycles. The van der Waals surface area contributed by atoms with Crippen LogP contribution >= 0.6 is 0 Å². The van der Waals surface area contributed by atoms with Crippen molar-refractivity contribution in [3.8, 4) is 5.75 Å². The highest BCUT2D eigenvalue weighted by Crippen LogP contribution is 2.24. The fourth-order valence-corrected chi connectivity index (χ4v) is 3.48. The summed E-state index contributed by atoms with van der Waals surface area (Å²) in [6, 6.07) is 6.01. The molecule has 1 fully saturated rings. The van der Waals surface area contributed by atoms with E-state index in [1.165, 1.54) is 11.1 Å². The topological polar surface area (TPSA) is 67.9 Å². The number of carbonyl (C=O) groups excluding carboxylic acids is 2. The number of amides is 2. The Morgan fingerprint density at radius 3 is 2.28 bits per heavy atom. The van der Waals surface area contributed by atoms with E-state index in [2.05, 4.69) is 32.2 Å². The molecule has 1 N–H and O–H groups in total. The Kier molecular flexibility index (Phi) is 7.55. The van der Waals surface area contributed by atoms with Crippen LogP contribution in [-0.2, 0) is 9.53 Å². The quantitative estimate of drug-likeness (QED) is 0.790. The number of aryl methyl sites for hydroxylation is 1. The number of rotatable bonds is 5. The van der Waals surface area contributed by atoms with E-state index in [4.69, 9.17) is 9.47 Å². The Morgan fingerprint density at radius 1 is 1.14 bits per heavy atom. The number of carbonyl (C=O) groups is 2. The highest BCUT2D eigenvalue weighted by Gasteiger charge is 2.28. The van der Waals surface area contributed by atoms with Crippen LogP contribution in [0, 0.1) is 6.92 Å². The van der Waals surface area contributed by atoms with Gasteiger partial charge in [0.1, 0.15) is 11.4 Å². The van der Waals surface area contributed by atoms with Gasteiger partial charge in [0.05, 0.1) is 0 Å². The number of nitrogens with zero attached hydrogens (tertiary/aromatic N) is 1. The highest BCUT2D eigenvalue weighted by molar-refractivity contribution is 5.81. The van der Waals surface area contributed by atoms with Crippen LogP contribution in [0.15, 0.2) is 18.2 Å². The normalized spacial score (nSPS) is 16.5.